The molecule has 24 heavy (non-hydrogen) atoms. The lowest BCUT2D eigenvalue weighted by Gasteiger charge is -2.18. The fraction of sp³-hybridized carbons (Fsp3) is 0.333. The van der Waals surface area contributed by atoms with Crippen LogP contribution in [0.15, 0.2) is 47.4 Å². The van der Waals surface area contributed by atoms with Crippen molar-refractivity contribution in [2.75, 3.05) is 14.2 Å². The van der Waals surface area contributed by atoms with Crippen molar-refractivity contribution in [1.29, 1.82) is 0 Å². The predicted molar refractivity (Wildman–Crippen MR) is 94.1 cm³/mol. The maximum Gasteiger partial charge on any atom is 0.241 e. The van der Waals surface area contributed by atoms with E-state index in [-0.39, 0.29) is 4.90 Å². The lowest BCUT2D eigenvalue weighted by atomic mass is 10.1. The van der Waals surface area contributed by atoms with Gasteiger partial charge in [0, 0.05) is 11.6 Å². The van der Waals surface area contributed by atoms with Crippen LogP contribution < -0.4 is 14.2 Å². The average Bonchev–Trinajstić information content (AvgIpc) is 2.60. The zero-order chi connectivity index (χ0) is 17.7. The molecule has 6 heteroatoms. The van der Waals surface area contributed by atoms with Gasteiger partial charge in [0.25, 0.3) is 0 Å². The van der Waals surface area contributed by atoms with Gasteiger partial charge in [-0.1, -0.05) is 19.1 Å². The minimum absolute atomic E-state index is 0.244. The van der Waals surface area contributed by atoms with E-state index in [9.17, 15) is 8.42 Å². The summed E-state index contributed by atoms with van der Waals surface area (Å²) in [5.41, 5.74) is 1.81. The van der Waals surface area contributed by atoms with Crippen molar-refractivity contribution >= 4 is 10.0 Å². The van der Waals surface area contributed by atoms with Gasteiger partial charge in [-0.15, -0.1) is 0 Å². The normalized spacial score (nSPS) is 12.7. The largest absolute Gasteiger partial charge is 0.497 e. The number of sulfonamides is 1. The van der Waals surface area contributed by atoms with E-state index in [2.05, 4.69) is 4.72 Å². The van der Waals surface area contributed by atoms with E-state index in [4.69, 9.17) is 9.47 Å². The summed E-state index contributed by atoms with van der Waals surface area (Å²) in [4.78, 5) is 0.244. The quantitative estimate of drug-likeness (QED) is 0.833. The molecule has 0 amide bonds. The van der Waals surface area contributed by atoms with E-state index < -0.39 is 16.1 Å². The number of ether oxygens (including phenoxy) is 2. The Morgan fingerprint density at radius 1 is 1.04 bits per heavy atom. The van der Waals surface area contributed by atoms with Gasteiger partial charge in [-0.25, -0.2) is 13.1 Å². The number of aryl methyl sites for hydroxylation is 1. The second-order valence-corrected chi connectivity index (χ2v) is 7.16. The Bertz CT molecular complexity index is 785. The molecule has 1 N–H and O–H groups in total. The highest BCUT2D eigenvalue weighted by Crippen LogP contribution is 2.30. The molecule has 0 aliphatic heterocycles. The highest BCUT2D eigenvalue weighted by Gasteiger charge is 2.21. The monoisotopic (exact) mass is 349 g/mol. The van der Waals surface area contributed by atoms with Gasteiger partial charge in [-0.05, 0) is 49.2 Å². The Labute approximate surface area is 143 Å². The lowest BCUT2D eigenvalue weighted by molar-refractivity contribution is 0.395. The molecular formula is C18H23NO4S. The summed E-state index contributed by atoms with van der Waals surface area (Å²) in [5, 5.41) is 0. The third-order valence-corrected chi connectivity index (χ3v) is 5.43. The molecule has 0 unspecified atom stereocenters. The zero-order valence-electron chi connectivity index (χ0n) is 14.4. The van der Waals surface area contributed by atoms with Gasteiger partial charge >= 0.3 is 0 Å². The number of benzene rings is 2. The van der Waals surface area contributed by atoms with Gasteiger partial charge in [-0.3, -0.25) is 0 Å². The summed E-state index contributed by atoms with van der Waals surface area (Å²) in [7, 11) is -0.507. The standard InChI is InChI=1S/C18H23NO4S/c1-5-14-6-9-16(10-7-14)24(20,21)19-13(2)17-12-15(22-3)8-11-18(17)23-4/h6-13,19H,5H2,1-4H3/t13-/m1/s1. The van der Waals surface area contributed by atoms with Crippen molar-refractivity contribution in [3.05, 3.63) is 53.6 Å². The maximum atomic E-state index is 12.6. The fourth-order valence-corrected chi connectivity index (χ4v) is 3.67. The molecule has 130 valence electrons. The van der Waals surface area contributed by atoms with Gasteiger partial charge in [-0.2, -0.15) is 0 Å². The van der Waals surface area contributed by atoms with Crippen molar-refractivity contribution in [2.24, 2.45) is 0 Å². The first-order valence-electron chi connectivity index (χ1n) is 7.74. The molecule has 1 atom stereocenters. The summed E-state index contributed by atoms with van der Waals surface area (Å²) < 4.78 is 38.4. The molecule has 2 aromatic carbocycles. The highest BCUT2D eigenvalue weighted by molar-refractivity contribution is 7.89. The Morgan fingerprint density at radius 2 is 1.71 bits per heavy atom. The van der Waals surface area contributed by atoms with Gasteiger partial charge in [0.1, 0.15) is 11.5 Å². The number of methoxy groups -OCH3 is 2. The van der Waals surface area contributed by atoms with E-state index in [1.165, 1.54) is 0 Å². The molecule has 0 bridgehead atoms. The average molecular weight is 349 g/mol. The van der Waals surface area contributed by atoms with Gasteiger partial charge in [0.15, 0.2) is 0 Å². The van der Waals surface area contributed by atoms with Gasteiger partial charge in [0.05, 0.1) is 19.1 Å². The molecule has 2 rings (SSSR count). The third kappa shape index (κ3) is 4.07. The number of rotatable bonds is 7. The van der Waals surface area contributed by atoms with Crippen LogP contribution in [0, 0.1) is 0 Å². The molecule has 0 fully saturated rings. The smallest absolute Gasteiger partial charge is 0.241 e. The molecule has 2 aromatic rings. The van der Waals surface area contributed by atoms with Crippen LogP contribution >= 0.6 is 0 Å². The molecule has 0 aromatic heterocycles. The van der Waals surface area contributed by atoms with Crippen LogP contribution in [0.5, 0.6) is 11.5 Å². The summed E-state index contributed by atoms with van der Waals surface area (Å²) in [5.74, 6) is 1.25. The SMILES string of the molecule is CCc1ccc(S(=O)(=O)N[C@H](C)c2cc(OC)ccc2OC)cc1. The molecule has 5 nitrogen and oxygen atoms in total. The van der Waals surface area contributed by atoms with E-state index >= 15 is 0 Å². The van der Waals surface area contributed by atoms with Crippen LogP contribution in [0.3, 0.4) is 0 Å². The minimum atomic E-state index is -3.62. The van der Waals surface area contributed by atoms with Gasteiger partial charge in [0.2, 0.25) is 10.0 Å². The summed E-state index contributed by atoms with van der Waals surface area (Å²) in [6.45, 7) is 3.80. The van der Waals surface area contributed by atoms with Crippen LogP contribution in [0.1, 0.15) is 31.0 Å². The van der Waals surface area contributed by atoms with Crippen molar-refractivity contribution in [3.8, 4) is 11.5 Å². The van der Waals surface area contributed by atoms with Crippen LogP contribution in [0.2, 0.25) is 0 Å². The summed E-state index contributed by atoms with van der Waals surface area (Å²) in [6, 6.07) is 11.7. The number of hydrogen-bond donors (Lipinski definition) is 1. The summed E-state index contributed by atoms with van der Waals surface area (Å²) >= 11 is 0. The van der Waals surface area contributed by atoms with Crippen LogP contribution in [0.25, 0.3) is 0 Å². The van der Waals surface area contributed by atoms with Crippen molar-refractivity contribution < 1.29 is 17.9 Å². The van der Waals surface area contributed by atoms with E-state index in [1.807, 2.05) is 19.1 Å². The molecule has 0 aliphatic rings. The highest BCUT2D eigenvalue weighted by atomic mass is 32.2. The van der Waals surface area contributed by atoms with Crippen LogP contribution in [-0.2, 0) is 16.4 Å². The first kappa shape index (κ1) is 18.3. The number of nitrogens with one attached hydrogen (secondary N) is 1. The Balaban J connectivity index is 2.28. The first-order valence-corrected chi connectivity index (χ1v) is 9.22. The molecule has 0 heterocycles. The second kappa shape index (κ2) is 7.68. The zero-order valence-corrected chi connectivity index (χ0v) is 15.2. The topological polar surface area (TPSA) is 64.6 Å². The van der Waals surface area contributed by atoms with E-state index in [0.717, 1.165) is 12.0 Å². The van der Waals surface area contributed by atoms with E-state index in [0.29, 0.717) is 17.1 Å². The molecule has 0 saturated carbocycles. The van der Waals surface area contributed by atoms with Gasteiger partial charge < -0.3 is 9.47 Å². The maximum absolute atomic E-state index is 12.6. The van der Waals surface area contributed by atoms with E-state index in [1.54, 1.807) is 51.5 Å². The van der Waals surface area contributed by atoms with Crippen molar-refractivity contribution in [2.45, 2.75) is 31.2 Å². The first-order chi connectivity index (χ1) is 11.4. The Kier molecular flexibility index (Phi) is 5.85. The third-order valence-electron chi connectivity index (χ3n) is 3.88. The lowest BCUT2D eigenvalue weighted by Crippen LogP contribution is -2.27. The fourth-order valence-electron chi connectivity index (χ4n) is 2.45. The molecule has 0 saturated heterocycles. The predicted octanol–water partition coefficient (Wildman–Crippen LogP) is 3.31. The van der Waals surface area contributed by atoms with Crippen LogP contribution in [0.4, 0.5) is 0 Å². The Morgan fingerprint density at radius 3 is 2.25 bits per heavy atom. The summed E-state index contributed by atoms with van der Waals surface area (Å²) in [6.07, 6.45) is 0.866. The second-order valence-electron chi connectivity index (χ2n) is 5.45. The molecule has 0 radical (unpaired) electrons. The molecular weight excluding hydrogens is 326 g/mol. The molecule has 0 aliphatic carbocycles. The van der Waals surface area contributed by atoms with Crippen molar-refractivity contribution in [1.82, 2.24) is 4.72 Å². The van der Waals surface area contributed by atoms with Crippen molar-refractivity contribution in [3.63, 3.8) is 0 Å². The molecule has 0 spiro atoms. The van der Waals surface area contributed by atoms with Crippen LogP contribution in [-0.4, -0.2) is 22.6 Å². The Hall–Kier alpha value is -2.05. The number of hydrogen-bond acceptors (Lipinski definition) is 4. The minimum Gasteiger partial charge on any atom is -0.497 e.